The smallest absolute Gasteiger partial charge is 0.264 e. The van der Waals surface area contributed by atoms with E-state index in [-0.39, 0.29) is 11.0 Å². The van der Waals surface area contributed by atoms with Crippen molar-refractivity contribution in [2.24, 2.45) is 0 Å². The van der Waals surface area contributed by atoms with Gasteiger partial charge in [-0.3, -0.25) is 9.36 Å². The lowest BCUT2D eigenvalue weighted by atomic mass is 9.95. The van der Waals surface area contributed by atoms with Crippen molar-refractivity contribution in [1.82, 2.24) is 19.5 Å². The van der Waals surface area contributed by atoms with E-state index in [9.17, 15) is 4.79 Å². The number of benzene rings is 2. The van der Waals surface area contributed by atoms with Crippen molar-refractivity contribution in [3.05, 3.63) is 99.5 Å². The third kappa shape index (κ3) is 4.91. The molecule has 0 atom stereocenters. The van der Waals surface area contributed by atoms with E-state index in [1.165, 1.54) is 0 Å². The largest absolute Gasteiger partial charge is 0.472 e. The van der Waals surface area contributed by atoms with Crippen LogP contribution in [0.25, 0.3) is 16.9 Å². The summed E-state index contributed by atoms with van der Waals surface area (Å²) in [5, 5.41) is 0. The molecular formula is C28H30N4O2. The number of hydrogen-bond donors (Lipinski definition) is 0. The van der Waals surface area contributed by atoms with Crippen molar-refractivity contribution >= 4 is 0 Å². The molecular weight excluding hydrogens is 424 g/mol. The second-order valence-electron chi connectivity index (χ2n) is 9.57. The van der Waals surface area contributed by atoms with Crippen molar-refractivity contribution < 1.29 is 4.74 Å². The fourth-order valence-electron chi connectivity index (χ4n) is 3.77. The molecule has 2 aromatic carbocycles. The molecule has 0 radical (unpaired) electrons. The molecule has 174 valence electrons. The molecule has 0 unspecified atom stereocenters. The number of ether oxygens (including phenoxy) is 1. The van der Waals surface area contributed by atoms with Crippen LogP contribution in [-0.2, 0) is 12.0 Å². The van der Waals surface area contributed by atoms with Gasteiger partial charge < -0.3 is 4.74 Å². The van der Waals surface area contributed by atoms with E-state index in [4.69, 9.17) is 9.72 Å². The maximum atomic E-state index is 13.3. The summed E-state index contributed by atoms with van der Waals surface area (Å²) in [4.78, 5) is 27.1. The molecule has 0 amide bonds. The summed E-state index contributed by atoms with van der Waals surface area (Å²) in [6.45, 7) is 12.2. The zero-order valence-electron chi connectivity index (χ0n) is 20.6. The summed E-state index contributed by atoms with van der Waals surface area (Å²) in [5.41, 5.74) is 4.82. The highest BCUT2D eigenvalue weighted by atomic mass is 16.5. The average Bonchev–Trinajstić information content (AvgIpc) is 2.80. The van der Waals surface area contributed by atoms with Gasteiger partial charge in [-0.05, 0) is 44.5 Å². The van der Waals surface area contributed by atoms with E-state index in [0.29, 0.717) is 23.9 Å². The molecule has 0 fully saturated rings. The minimum atomic E-state index is -0.156. The second kappa shape index (κ2) is 9.21. The summed E-state index contributed by atoms with van der Waals surface area (Å²) >= 11 is 0. The molecule has 4 aromatic rings. The lowest BCUT2D eigenvalue weighted by Gasteiger charge is -2.17. The Morgan fingerprint density at radius 3 is 2.44 bits per heavy atom. The Labute approximate surface area is 200 Å². The summed E-state index contributed by atoms with van der Waals surface area (Å²) in [7, 11) is 0. The molecule has 0 saturated carbocycles. The van der Waals surface area contributed by atoms with Crippen molar-refractivity contribution in [3.63, 3.8) is 0 Å². The van der Waals surface area contributed by atoms with Crippen LogP contribution in [0.1, 0.15) is 49.1 Å². The first-order valence-corrected chi connectivity index (χ1v) is 11.4. The molecule has 2 heterocycles. The SMILES string of the molecule is Cc1cccc(COc2nc(C)n(-c3cccc(-c4ccnc(C(C)(C)C)n4)c3)c(=O)c2C)c1. The van der Waals surface area contributed by atoms with Crippen molar-refractivity contribution in [2.75, 3.05) is 0 Å². The molecule has 0 saturated heterocycles. The summed E-state index contributed by atoms with van der Waals surface area (Å²) in [6.07, 6.45) is 1.78. The Morgan fingerprint density at radius 2 is 1.71 bits per heavy atom. The predicted molar refractivity (Wildman–Crippen MR) is 135 cm³/mol. The number of aromatic nitrogens is 4. The molecule has 0 N–H and O–H groups in total. The monoisotopic (exact) mass is 454 g/mol. The van der Waals surface area contributed by atoms with Crippen LogP contribution in [0.4, 0.5) is 0 Å². The standard InChI is InChI=1S/C28H30N4O2/c1-18-9-7-10-21(15-18)17-34-25-19(2)26(33)32(20(3)30-25)23-12-8-11-22(16-23)24-13-14-29-27(31-24)28(4,5)6/h7-16H,17H2,1-6H3. The molecule has 0 bridgehead atoms. The van der Waals surface area contributed by atoms with E-state index in [1.807, 2.05) is 62.4 Å². The van der Waals surface area contributed by atoms with Crippen molar-refractivity contribution in [1.29, 1.82) is 0 Å². The van der Waals surface area contributed by atoms with Gasteiger partial charge in [0, 0.05) is 17.2 Å². The molecule has 34 heavy (non-hydrogen) atoms. The summed E-state index contributed by atoms with van der Waals surface area (Å²) in [6, 6.07) is 17.7. The second-order valence-corrected chi connectivity index (χ2v) is 9.57. The molecule has 0 spiro atoms. The minimum Gasteiger partial charge on any atom is -0.472 e. The van der Waals surface area contributed by atoms with Crippen LogP contribution in [0.15, 0.2) is 65.6 Å². The topological polar surface area (TPSA) is 69.9 Å². The van der Waals surface area contributed by atoms with Crippen LogP contribution in [0.5, 0.6) is 5.88 Å². The predicted octanol–water partition coefficient (Wildman–Crippen LogP) is 5.49. The highest BCUT2D eigenvalue weighted by Gasteiger charge is 2.18. The van der Waals surface area contributed by atoms with Gasteiger partial charge in [-0.1, -0.05) is 62.7 Å². The van der Waals surface area contributed by atoms with Crippen molar-refractivity contribution in [2.45, 2.75) is 53.6 Å². The minimum absolute atomic E-state index is 0.151. The average molecular weight is 455 g/mol. The molecule has 0 aliphatic carbocycles. The summed E-state index contributed by atoms with van der Waals surface area (Å²) < 4.78 is 7.54. The van der Waals surface area contributed by atoms with E-state index in [0.717, 1.165) is 33.9 Å². The van der Waals surface area contributed by atoms with Gasteiger partial charge in [0.05, 0.1) is 16.9 Å². The van der Waals surface area contributed by atoms with Gasteiger partial charge >= 0.3 is 0 Å². The van der Waals surface area contributed by atoms with Crippen LogP contribution >= 0.6 is 0 Å². The first-order chi connectivity index (χ1) is 16.1. The molecule has 0 aliphatic heterocycles. The normalized spacial score (nSPS) is 11.5. The first kappa shape index (κ1) is 23.4. The lowest BCUT2D eigenvalue weighted by Crippen LogP contribution is -2.25. The highest BCUT2D eigenvalue weighted by Crippen LogP contribution is 2.24. The Balaban J connectivity index is 1.68. The Morgan fingerprint density at radius 1 is 0.941 bits per heavy atom. The van der Waals surface area contributed by atoms with E-state index < -0.39 is 0 Å². The Bertz CT molecular complexity index is 1400. The molecule has 2 aromatic heterocycles. The first-order valence-electron chi connectivity index (χ1n) is 11.4. The van der Waals surface area contributed by atoms with E-state index in [1.54, 1.807) is 17.7 Å². The zero-order chi connectivity index (χ0) is 24.5. The number of nitrogens with zero attached hydrogens (tertiary/aromatic N) is 4. The molecule has 6 nitrogen and oxygen atoms in total. The van der Waals surface area contributed by atoms with Crippen LogP contribution in [0, 0.1) is 20.8 Å². The molecule has 0 aliphatic rings. The van der Waals surface area contributed by atoms with Gasteiger partial charge in [-0.25, -0.2) is 9.97 Å². The number of rotatable bonds is 5. The maximum absolute atomic E-state index is 13.3. The third-order valence-corrected chi connectivity index (χ3v) is 5.62. The van der Waals surface area contributed by atoms with Gasteiger partial charge in [0.1, 0.15) is 18.3 Å². The van der Waals surface area contributed by atoms with E-state index in [2.05, 4.69) is 36.8 Å². The Hall–Kier alpha value is -3.80. The van der Waals surface area contributed by atoms with Gasteiger partial charge in [0.25, 0.3) is 5.56 Å². The van der Waals surface area contributed by atoms with Crippen LogP contribution in [0.3, 0.4) is 0 Å². The third-order valence-electron chi connectivity index (χ3n) is 5.62. The molecule has 6 heteroatoms. The summed E-state index contributed by atoms with van der Waals surface area (Å²) in [5.74, 6) is 1.70. The molecule has 4 rings (SSSR count). The van der Waals surface area contributed by atoms with Crippen molar-refractivity contribution in [3.8, 4) is 22.8 Å². The number of hydrogen-bond acceptors (Lipinski definition) is 5. The Kier molecular flexibility index (Phi) is 6.33. The maximum Gasteiger partial charge on any atom is 0.264 e. The zero-order valence-corrected chi connectivity index (χ0v) is 20.6. The van der Waals surface area contributed by atoms with Gasteiger partial charge in [-0.2, -0.15) is 4.98 Å². The van der Waals surface area contributed by atoms with Gasteiger partial charge in [0.2, 0.25) is 5.88 Å². The van der Waals surface area contributed by atoms with Crippen LogP contribution < -0.4 is 10.3 Å². The lowest BCUT2D eigenvalue weighted by molar-refractivity contribution is 0.289. The van der Waals surface area contributed by atoms with Crippen LogP contribution in [-0.4, -0.2) is 19.5 Å². The van der Waals surface area contributed by atoms with Gasteiger partial charge in [-0.15, -0.1) is 0 Å². The fourth-order valence-corrected chi connectivity index (χ4v) is 3.77. The fraction of sp³-hybridized carbons (Fsp3) is 0.286. The van der Waals surface area contributed by atoms with Crippen LogP contribution in [0.2, 0.25) is 0 Å². The number of aryl methyl sites for hydroxylation is 2. The van der Waals surface area contributed by atoms with Gasteiger partial charge in [0.15, 0.2) is 0 Å². The van der Waals surface area contributed by atoms with E-state index >= 15 is 0 Å². The highest BCUT2D eigenvalue weighted by molar-refractivity contribution is 5.62. The quantitative estimate of drug-likeness (QED) is 0.399.